The van der Waals surface area contributed by atoms with Gasteiger partial charge in [0, 0.05) is 6.92 Å². The zero-order valence-corrected chi connectivity index (χ0v) is 31.2. The molecule has 5 aliphatic rings. The van der Waals surface area contributed by atoms with Crippen LogP contribution in [-0.2, 0) is 47.4 Å². The molecule has 5 aliphatic heterocycles. The first kappa shape index (κ1) is 48.5. The van der Waals surface area contributed by atoms with E-state index in [0.29, 0.717) is 0 Å². The van der Waals surface area contributed by atoms with Gasteiger partial charge >= 0.3 is 0 Å². The highest BCUT2D eigenvalue weighted by Gasteiger charge is 2.58. The van der Waals surface area contributed by atoms with Gasteiger partial charge in [-0.1, -0.05) is 0 Å². The molecule has 17 N–H and O–H groups in total. The number of rotatable bonds is 14. The molecule has 25 atom stereocenters. The van der Waals surface area contributed by atoms with Crippen molar-refractivity contribution in [3.63, 3.8) is 0 Å². The molecule has 0 spiro atoms. The Morgan fingerprint density at radius 1 is 0.407 bits per heavy atom. The van der Waals surface area contributed by atoms with E-state index >= 15 is 0 Å². The van der Waals surface area contributed by atoms with Crippen LogP contribution in [0.25, 0.3) is 0 Å². The second kappa shape index (κ2) is 20.8. The SMILES string of the molecule is CC(=O)N[C@H]1[C@@H](O[C@H]2[C@@H](O)[C@@H](CO)O[C@H](O[C@H]3[C@H](O)[C@@H](CO)OC(O)[C@@H]3O)[C@@H]2O[C@H]2O[C@H](CO)[C@@H](O)[C@H](O)[C@H]2O[C@H]2O[C@H](CO)[C@@H](O)[C@H](O)[C@H]2O)O[C@H](CO)[C@@H](O)[C@@H]1O. The summed E-state index contributed by atoms with van der Waals surface area (Å²) in [6.45, 7) is -3.75. The number of ether oxygens (including phenoxy) is 9. The Balaban J connectivity index is 1.58. The van der Waals surface area contributed by atoms with Crippen molar-refractivity contribution in [1.29, 1.82) is 0 Å². The van der Waals surface area contributed by atoms with E-state index in [1.54, 1.807) is 0 Å². The second-order valence-electron chi connectivity index (χ2n) is 14.7. The van der Waals surface area contributed by atoms with Crippen molar-refractivity contribution >= 4 is 5.91 Å². The molecule has 0 saturated carbocycles. The standard InChI is InChI=1S/C32H55NO26/c1-7(39)33-13-19(45)14(40)8(2-34)52-29(13)57-25-18(44)12(6-38)55-32(56-24-17(43)11(5-37)51-28(50)23(24)49)27(25)59-31-26(21(47)16(42)10(4-36)54-31)58-30-22(48)20(46)15(41)9(3-35)53-30/h8-32,34-38,40-50H,2-6H2,1H3,(H,33,39)/t8-,9-,10-,11-,12-,13-,14-,15-,16-,17-,18+,19-,20+,21+,22-,23-,24+,25+,26-,27-,28?,29-,30-,31-,32-/m1/s1. The zero-order valence-electron chi connectivity index (χ0n) is 31.2. The fourth-order valence-corrected chi connectivity index (χ4v) is 7.38. The third-order valence-electron chi connectivity index (χ3n) is 10.7. The van der Waals surface area contributed by atoms with Crippen molar-refractivity contribution in [2.75, 3.05) is 33.0 Å². The molecular formula is C32H55NO26. The van der Waals surface area contributed by atoms with E-state index in [4.69, 9.17) is 42.6 Å². The van der Waals surface area contributed by atoms with E-state index in [-0.39, 0.29) is 0 Å². The quantitative estimate of drug-likeness (QED) is 0.0770. The van der Waals surface area contributed by atoms with Crippen LogP contribution in [0, 0.1) is 0 Å². The third-order valence-corrected chi connectivity index (χ3v) is 10.7. The van der Waals surface area contributed by atoms with Gasteiger partial charge in [0.1, 0.15) is 122 Å². The molecule has 344 valence electrons. The predicted octanol–water partition coefficient (Wildman–Crippen LogP) is -11.8. The van der Waals surface area contributed by atoms with Crippen LogP contribution < -0.4 is 5.32 Å². The molecule has 0 bridgehead atoms. The fourth-order valence-electron chi connectivity index (χ4n) is 7.38. The average Bonchev–Trinajstić information content (AvgIpc) is 3.21. The molecule has 0 aromatic heterocycles. The number of nitrogens with one attached hydrogen (secondary N) is 1. The lowest BCUT2D eigenvalue weighted by Gasteiger charge is -2.51. The molecule has 0 aromatic carbocycles. The summed E-state index contributed by atoms with van der Waals surface area (Å²) >= 11 is 0. The second-order valence-corrected chi connectivity index (χ2v) is 14.7. The third kappa shape index (κ3) is 10.2. The molecular weight excluding hydrogens is 814 g/mol. The number of carbonyl (C=O) groups excluding carboxylic acids is 1. The summed E-state index contributed by atoms with van der Waals surface area (Å²) in [6, 6.07) is -1.67. The maximum Gasteiger partial charge on any atom is 0.217 e. The number of hydrogen-bond acceptors (Lipinski definition) is 26. The van der Waals surface area contributed by atoms with E-state index < -0.39 is 192 Å². The molecule has 5 fully saturated rings. The monoisotopic (exact) mass is 869 g/mol. The predicted molar refractivity (Wildman–Crippen MR) is 178 cm³/mol. The van der Waals surface area contributed by atoms with Crippen molar-refractivity contribution < 1.29 is 129 Å². The number of amides is 1. The van der Waals surface area contributed by atoms with Crippen LogP contribution >= 0.6 is 0 Å². The van der Waals surface area contributed by atoms with E-state index in [9.17, 15) is 86.5 Å². The molecule has 59 heavy (non-hydrogen) atoms. The Morgan fingerprint density at radius 2 is 0.797 bits per heavy atom. The van der Waals surface area contributed by atoms with E-state index in [1.807, 2.05) is 0 Å². The van der Waals surface area contributed by atoms with Gasteiger partial charge in [0.25, 0.3) is 0 Å². The van der Waals surface area contributed by atoms with E-state index in [1.165, 1.54) is 0 Å². The van der Waals surface area contributed by atoms with Gasteiger partial charge in [-0.3, -0.25) is 4.79 Å². The minimum absolute atomic E-state index is 0.790. The van der Waals surface area contributed by atoms with Gasteiger partial charge in [0.05, 0.1) is 33.0 Å². The van der Waals surface area contributed by atoms with Crippen molar-refractivity contribution in [3.8, 4) is 0 Å². The van der Waals surface area contributed by atoms with Gasteiger partial charge in [0.15, 0.2) is 31.5 Å². The van der Waals surface area contributed by atoms with Gasteiger partial charge in [-0.15, -0.1) is 0 Å². The highest BCUT2D eigenvalue weighted by Crippen LogP contribution is 2.37. The van der Waals surface area contributed by atoms with Crippen molar-refractivity contribution in [2.45, 2.75) is 160 Å². The highest BCUT2D eigenvalue weighted by molar-refractivity contribution is 5.73. The summed E-state index contributed by atoms with van der Waals surface area (Å²) in [5.41, 5.74) is 0. The lowest BCUT2D eigenvalue weighted by molar-refractivity contribution is -0.412. The van der Waals surface area contributed by atoms with Gasteiger partial charge in [-0.25, -0.2) is 0 Å². The van der Waals surface area contributed by atoms with Crippen LogP contribution in [0.2, 0.25) is 0 Å². The number of carbonyl (C=O) groups is 1. The van der Waals surface area contributed by atoms with Crippen molar-refractivity contribution in [3.05, 3.63) is 0 Å². The molecule has 0 radical (unpaired) electrons. The Kier molecular flexibility index (Phi) is 17.1. The molecule has 5 saturated heterocycles. The van der Waals surface area contributed by atoms with E-state index in [0.717, 1.165) is 6.92 Å². The number of aliphatic hydroxyl groups excluding tert-OH is 16. The summed E-state index contributed by atoms with van der Waals surface area (Å²) in [6.07, 6.45) is -46.6. The van der Waals surface area contributed by atoms with Crippen LogP contribution in [0.5, 0.6) is 0 Å². The Labute approximate surface area is 333 Å². The maximum absolute atomic E-state index is 12.2. The van der Waals surface area contributed by atoms with Crippen LogP contribution in [0.4, 0.5) is 0 Å². The molecule has 27 heteroatoms. The average molecular weight is 870 g/mol. The summed E-state index contributed by atoms with van der Waals surface area (Å²) in [5.74, 6) is -0.790. The summed E-state index contributed by atoms with van der Waals surface area (Å²) < 4.78 is 51.4. The highest BCUT2D eigenvalue weighted by atomic mass is 16.8. The molecule has 27 nitrogen and oxygen atoms in total. The van der Waals surface area contributed by atoms with Crippen LogP contribution in [0.15, 0.2) is 0 Å². The van der Waals surface area contributed by atoms with Gasteiger partial charge in [-0.2, -0.15) is 0 Å². The van der Waals surface area contributed by atoms with Gasteiger partial charge in [0.2, 0.25) is 5.91 Å². The first-order valence-corrected chi connectivity index (χ1v) is 18.6. The Morgan fingerprint density at radius 3 is 1.34 bits per heavy atom. The van der Waals surface area contributed by atoms with Crippen LogP contribution in [0.1, 0.15) is 6.92 Å². The molecule has 1 unspecified atom stereocenters. The normalized spacial score (nSPS) is 51.0. The van der Waals surface area contributed by atoms with Gasteiger partial charge < -0.3 is 130 Å². The zero-order chi connectivity index (χ0) is 43.6. The molecule has 0 aliphatic carbocycles. The summed E-state index contributed by atoms with van der Waals surface area (Å²) in [4.78, 5) is 12.2. The fraction of sp³-hybridized carbons (Fsp3) is 0.969. The molecule has 5 heterocycles. The van der Waals surface area contributed by atoms with Gasteiger partial charge in [-0.05, 0) is 0 Å². The molecule has 5 rings (SSSR count). The first-order chi connectivity index (χ1) is 27.9. The summed E-state index contributed by atoms with van der Waals surface area (Å²) in [5, 5.41) is 171. The topological polar surface area (TPSA) is 436 Å². The minimum Gasteiger partial charge on any atom is -0.394 e. The first-order valence-electron chi connectivity index (χ1n) is 18.6. The Bertz CT molecular complexity index is 1320. The lowest BCUT2D eigenvalue weighted by atomic mass is 9.94. The molecule has 0 aromatic rings. The van der Waals surface area contributed by atoms with E-state index in [2.05, 4.69) is 5.32 Å². The summed E-state index contributed by atoms with van der Waals surface area (Å²) in [7, 11) is 0. The smallest absolute Gasteiger partial charge is 0.217 e. The minimum atomic E-state index is -2.15. The van der Waals surface area contributed by atoms with Crippen molar-refractivity contribution in [1.82, 2.24) is 5.32 Å². The number of aliphatic hydroxyl groups is 16. The van der Waals surface area contributed by atoms with Crippen molar-refractivity contribution in [2.24, 2.45) is 0 Å². The maximum atomic E-state index is 12.2. The van der Waals surface area contributed by atoms with Crippen LogP contribution in [-0.4, -0.2) is 274 Å². The largest absolute Gasteiger partial charge is 0.394 e. The molecule has 1 amide bonds. The number of hydrogen-bond donors (Lipinski definition) is 17. The van der Waals surface area contributed by atoms with Crippen LogP contribution in [0.3, 0.4) is 0 Å². The Hall–Kier alpha value is -1.53. The lowest BCUT2D eigenvalue weighted by Crippen LogP contribution is -2.70.